The Balaban J connectivity index is 1.46. The van der Waals surface area contributed by atoms with E-state index in [1.54, 1.807) is 29.2 Å². The number of halogens is 1. The molecule has 8 heteroatoms. The van der Waals surface area contributed by atoms with Gasteiger partial charge in [0.05, 0.1) is 7.11 Å². The molecule has 2 aliphatic rings. The van der Waals surface area contributed by atoms with Crippen LogP contribution < -0.4 is 10.1 Å². The Morgan fingerprint density at radius 1 is 0.941 bits per heavy atom. The Bertz CT molecular complexity index is 1030. The number of benzene rings is 2. The van der Waals surface area contributed by atoms with Gasteiger partial charge in [-0.2, -0.15) is 0 Å². The van der Waals surface area contributed by atoms with Crippen molar-refractivity contribution >= 4 is 17.7 Å². The smallest absolute Gasteiger partial charge is 0.253 e. The SMILES string of the molecule is COc1cccc(C(=O)NC(C(=O)N2CCCC2)C2CCN(C(=O)c3ccc(F)cc3)CC2)c1. The predicted octanol–water partition coefficient (Wildman–Crippen LogP) is 3.11. The predicted molar refractivity (Wildman–Crippen MR) is 125 cm³/mol. The molecule has 7 nitrogen and oxygen atoms in total. The molecule has 2 aliphatic heterocycles. The minimum Gasteiger partial charge on any atom is -0.497 e. The number of nitrogens with zero attached hydrogens (tertiary/aromatic N) is 2. The Hall–Kier alpha value is -3.42. The topological polar surface area (TPSA) is 79.0 Å². The highest BCUT2D eigenvalue weighted by Gasteiger charge is 2.37. The molecule has 1 unspecified atom stereocenters. The Labute approximate surface area is 198 Å². The molecule has 4 rings (SSSR count). The average Bonchev–Trinajstić information content (AvgIpc) is 3.42. The molecule has 0 spiro atoms. The first kappa shape index (κ1) is 23.7. The van der Waals surface area contributed by atoms with Gasteiger partial charge in [0.1, 0.15) is 17.6 Å². The van der Waals surface area contributed by atoms with Gasteiger partial charge in [-0.05, 0) is 74.1 Å². The van der Waals surface area contributed by atoms with Crippen molar-refractivity contribution in [2.75, 3.05) is 33.3 Å². The number of methoxy groups -OCH3 is 1. The van der Waals surface area contributed by atoms with Crippen LogP contribution in [-0.2, 0) is 4.79 Å². The van der Waals surface area contributed by atoms with Gasteiger partial charge in [-0.25, -0.2) is 4.39 Å². The summed E-state index contributed by atoms with van der Waals surface area (Å²) in [6.07, 6.45) is 3.12. The van der Waals surface area contributed by atoms with Crippen molar-refractivity contribution in [2.45, 2.75) is 31.7 Å². The van der Waals surface area contributed by atoms with E-state index in [0.717, 1.165) is 12.8 Å². The second-order valence-corrected chi connectivity index (χ2v) is 8.85. The molecule has 0 bridgehead atoms. The molecule has 0 saturated carbocycles. The van der Waals surface area contributed by atoms with Gasteiger partial charge in [0.25, 0.3) is 11.8 Å². The molecule has 1 N–H and O–H groups in total. The van der Waals surface area contributed by atoms with Crippen LogP contribution in [0.5, 0.6) is 5.75 Å². The van der Waals surface area contributed by atoms with Gasteiger partial charge in [0.15, 0.2) is 0 Å². The number of rotatable bonds is 6. The number of ether oxygens (including phenoxy) is 1. The van der Waals surface area contributed by atoms with Gasteiger partial charge in [-0.15, -0.1) is 0 Å². The van der Waals surface area contributed by atoms with Gasteiger partial charge in [0.2, 0.25) is 5.91 Å². The van der Waals surface area contributed by atoms with Crippen LogP contribution >= 0.6 is 0 Å². The first-order valence-corrected chi connectivity index (χ1v) is 11.7. The number of nitrogens with one attached hydrogen (secondary N) is 1. The van der Waals surface area contributed by atoms with E-state index in [2.05, 4.69) is 5.32 Å². The summed E-state index contributed by atoms with van der Waals surface area (Å²) < 4.78 is 18.4. The van der Waals surface area contributed by atoms with Crippen LogP contribution in [0.1, 0.15) is 46.4 Å². The lowest BCUT2D eigenvalue weighted by atomic mass is 9.88. The normalized spacial score (nSPS) is 17.4. The maximum Gasteiger partial charge on any atom is 0.253 e. The summed E-state index contributed by atoms with van der Waals surface area (Å²) in [7, 11) is 1.54. The minimum absolute atomic E-state index is 0.0583. The monoisotopic (exact) mass is 467 g/mol. The van der Waals surface area contributed by atoms with Gasteiger partial charge >= 0.3 is 0 Å². The number of carbonyl (C=O) groups excluding carboxylic acids is 3. The van der Waals surface area contributed by atoms with Crippen molar-refractivity contribution in [3.63, 3.8) is 0 Å². The van der Waals surface area contributed by atoms with Crippen LogP contribution in [0, 0.1) is 11.7 Å². The third-order valence-electron chi connectivity index (χ3n) is 6.69. The third kappa shape index (κ3) is 5.38. The number of piperidine rings is 1. The van der Waals surface area contributed by atoms with Gasteiger partial charge in [0, 0.05) is 37.3 Å². The number of likely N-dealkylation sites (tertiary alicyclic amines) is 2. The highest BCUT2D eigenvalue weighted by Crippen LogP contribution is 2.25. The second kappa shape index (κ2) is 10.7. The zero-order valence-corrected chi connectivity index (χ0v) is 19.3. The van der Waals surface area contributed by atoms with Gasteiger partial charge in [-0.3, -0.25) is 14.4 Å². The van der Waals surface area contributed by atoms with Crippen molar-refractivity contribution in [1.82, 2.24) is 15.1 Å². The lowest BCUT2D eigenvalue weighted by Gasteiger charge is -2.37. The van der Waals surface area contributed by atoms with Gasteiger partial charge in [-0.1, -0.05) is 6.07 Å². The zero-order chi connectivity index (χ0) is 24.1. The van der Waals surface area contributed by atoms with Gasteiger partial charge < -0.3 is 19.9 Å². The molecule has 0 aromatic heterocycles. The molecule has 2 heterocycles. The molecule has 34 heavy (non-hydrogen) atoms. The van der Waals surface area contributed by atoms with E-state index >= 15 is 0 Å². The molecule has 2 aromatic rings. The molecule has 2 aromatic carbocycles. The van der Waals surface area contributed by atoms with Crippen LogP contribution in [0.4, 0.5) is 4.39 Å². The van der Waals surface area contributed by atoms with Crippen LogP contribution in [0.15, 0.2) is 48.5 Å². The molecular formula is C26H30FN3O4. The number of carbonyl (C=O) groups is 3. The summed E-state index contributed by atoms with van der Waals surface area (Å²) >= 11 is 0. The number of hydrogen-bond donors (Lipinski definition) is 1. The fraction of sp³-hybridized carbons (Fsp3) is 0.423. The molecule has 3 amide bonds. The van der Waals surface area contributed by atoms with Crippen molar-refractivity contribution in [3.8, 4) is 5.75 Å². The Morgan fingerprint density at radius 3 is 2.26 bits per heavy atom. The van der Waals surface area contributed by atoms with E-state index in [1.807, 2.05) is 4.90 Å². The van der Waals surface area contributed by atoms with E-state index < -0.39 is 6.04 Å². The standard InChI is InChI=1S/C26H30FN3O4/c1-34-22-6-4-5-20(17-22)24(31)28-23(26(33)29-13-2-3-14-29)18-11-15-30(16-12-18)25(32)19-7-9-21(27)10-8-19/h4-10,17-18,23H,2-3,11-16H2,1H3,(H,28,31). The zero-order valence-electron chi connectivity index (χ0n) is 19.3. The van der Waals surface area contributed by atoms with E-state index in [9.17, 15) is 18.8 Å². The van der Waals surface area contributed by atoms with E-state index in [4.69, 9.17) is 4.74 Å². The van der Waals surface area contributed by atoms with Crippen molar-refractivity contribution in [2.24, 2.45) is 5.92 Å². The fourth-order valence-corrected chi connectivity index (χ4v) is 4.72. The minimum atomic E-state index is -0.653. The van der Waals surface area contributed by atoms with Crippen LogP contribution in [0.25, 0.3) is 0 Å². The summed E-state index contributed by atoms with van der Waals surface area (Å²) in [5, 5.41) is 2.98. The first-order chi connectivity index (χ1) is 16.5. The van der Waals surface area contributed by atoms with Crippen molar-refractivity contribution in [3.05, 3.63) is 65.5 Å². The molecule has 2 saturated heterocycles. The van der Waals surface area contributed by atoms with E-state index in [-0.39, 0.29) is 29.5 Å². The van der Waals surface area contributed by atoms with E-state index in [1.165, 1.54) is 31.4 Å². The second-order valence-electron chi connectivity index (χ2n) is 8.85. The summed E-state index contributed by atoms with van der Waals surface area (Å²) in [5.74, 6) is -0.424. The fourth-order valence-electron chi connectivity index (χ4n) is 4.72. The third-order valence-corrected chi connectivity index (χ3v) is 6.69. The average molecular weight is 468 g/mol. The highest BCUT2D eigenvalue weighted by atomic mass is 19.1. The van der Waals surface area contributed by atoms with Crippen molar-refractivity contribution in [1.29, 1.82) is 0 Å². The van der Waals surface area contributed by atoms with Crippen LogP contribution in [0.2, 0.25) is 0 Å². The van der Waals surface area contributed by atoms with Crippen LogP contribution in [-0.4, -0.2) is 66.9 Å². The maximum atomic E-state index is 13.4. The lowest BCUT2D eigenvalue weighted by Crippen LogP contribution is -2.54. The lowest BCUT2D eigenvalue weighted by molar-refractivity contribution is -0.134. The molecule has 2 fully saturated rings. The quantitative estimate of drug-likeness (QED) is 0.708. The summed E-state index contributed by atoms with van der Waals surface area (Å²) in [6.45, 7) is 2.35. The Kier molecular flexibility index (Phi) is 7.45. The number of hydrogen-bond acceptors (Lipinski definition) is 4. The summed E-state index contributed by atoms with van der Waals surface area (Å²) in [4.78, 5) is 42.8. The number of amides is 3. The van der Waals surface area contributed by atoms with E-state index in [0.29, 0.717) is 55.9 Å². The molecule has 0 radical (unpaired) electrons. The largest absolute Gasteiger partial charge is 0.497 e. The molecule has 0 aliphatic carbocycles. The van der Waals surface area contributed by atoms with Crippen LogP contribution in [0.3, 0.4) is 0 Å². The molecular weight excluding hydrogens is 437 g/mol. The molecule has 1 atom stereocenters. The summed E-state index contributed by atoms with van der Waals surface area (Å²) in [6, 6.07) is 11.7. The summed E-state index contributed by atoms with van der Waals surface area (Å²) in [5.41, 5.74) is 0.873. The highest BCUT2D eigenvalue weighted by molar-refractivity contribution is 5.98. The van der Waals surface area contributed by atoms with Crippen molar-refractivity contribution < 1.29 is 23.5 Å². The Morgan fingerprint density at radius 2 is 1.62 bits per heavy atom. The maximum absolute atomic E-state index is 13.4. The molecule has 180 valence electrons. The first-order valence-electron chi connectivity index (χ1n) is 11.7.